The van der Waals surface area contributed by atoms with Gasteiger partial charge in [0.15, 0.2) is 0 Å². The van der Waals surface area contributed by atoms with Crippen molar-refractivity contribution in [3.8, 4) is 0 Å². The molecule has 1 aliphatic rings. The smallest absolute Gasteiger partial charge is 0.329 e. The number of anilines is 1. The Morgan fingerprint density at radius 3 is 2.48 bits per heavy atom. The van der Waals surface area contributed by atoms with Crippen LogP contribution in [0.15, 0.2) is 9.59 Å². The third-order valence-corrected chi connectivity index (χ3v) is 4.05. The summed E-state index contributed by atoms with van der Waals surface area (Å²) < 4.78 is 1.48. The summed E-state index contributed by atoms with van der Waals surface area (Å²) in [6.45, 7) is 6.88. The Kier molecular flexibility index (Phi) is 5.19. The van der Waals surface area contributed by atoms with Gasteiger partial charge in [0.2, 0.25) is 0 Å². The quantitative estimate of drug-likeness (QED) is 0.776. The van der Waals surface area contributed by atoms with E-state index >= 15 is 0 Å². The molecule has 0 aromatic carbocycles. The molecule has 0 atom stereocenters. The summed E-state index contributed by atoms with van der Waals surface area (Å²) in [7, 11) is 2.09. The first-order chi connectivity index (χ1) is 10.0. The first-order valence-electron chi connectivity index (χ1n) is 7.55. The Hall–Kier alpha value is -1.60. The predicted octanol–water partition coefficient (Wildman–Crippen LogP) is -0.334. The van der Waals surface area contributed by atoms with Gasteiger partial charge in [-0.15, -0.1) is 0 Å². The molecule has 1 aromatic rings. The zero-order valence-electron chi connectivity index (χ0n) is 12.9. The van der Waals surface area contributed by atoms with Crippen molar-refractivity contribution in [3.05, 3.63) is 26.4 Å². The first kappa shape index (κ1) is 15.8. The topological polar surface area (TPSA) is 87.4 Å². The number of unbranched alkanes of at least 4 members (excludes halogenated alkanes) is 1. The molecule has 0 bridgehead atoms. The monoisotopic (exact) mass is 295 g/mol. The molecule has 2 rings (SSSR count). The SMILES string of the molecule is CCCCn1c(N)c(CN2CCN(C)CC2)c(=O)[nH]c1=O. The summed E-state index contributed by atoms with van der Waals surface area (Å²) in [5.41, 5.74) is 5.82. The lowest BCUT2D eigenvalue weighted by molar-refractivity contribution is 0.147. The summed E-state index contributed by atoms with van der Waals surface area (Å²) >= 11 is 0. The molecule has 7 heteroatoms. The zero-order chi connectivity index (χ0) is 15.4. The number of hydrogen-bond donors (Lipinski definition) is 2. The number of likely N-dealkylation sites (N-methyl/N-ethyl adjacent to an activating group) is 1. The number of hydrogen-bond acceptors (Lipinski definition) is 5. The highest BCUT2D eigenvalue weighted by Gasteiger charge is 2.18. The number of nitrogens with two attached hydrogens (primary N) is 1. The fourth-order valence-electron chi connectivity index (χ4n) is 2.55. The number of aromatic amines is 1. The van der Waals surface area contributed by atoms with Crippen LogP contribution < -0.4 is 17.0 Å². The van der Waals surface area contributed by atoms with Gasteiger partial charge in [0.1, 0.15) is 5.82 Å². The van der Waals surface area contributed by atoms with Gasteiger partial charge in [-0.25, -0.2) is 4.79 Å². The minimum Gasteiger partial charge on any atom is -0.385 e. The molecule has 1 aromatic heterocycles. The Morgan fingerprint density at radius 1 is 1.19 bits per heavy atom. The van der Waals surface area contributed by atoms with Crippen molar-refractivity contribution < 1.29 is 0 Å². The van der Waals surface area contributed by atoms with Crippen LogP contribution in [0.5, 0.6) is 0 Å². The average molecular weight is 295 g/mol. The van der Waals surface area contributed by atoms with Crippen molar-refractivity contribution in [1.29, 1.82) is 0 Å². The van der Waals surface area contributed by atoms with Crippen molar-refractivity contribution in [2.75, 3.05) is 39.0 Å². The zero-order valence-corrected chi connectivity index (χ0v) is 12.9. The van der Waals surface area contributed by atoms with Crippen LogP contribution in [0.1, 0.15) is 25.3 Å². The molecule has 21 heavy (non-hydrogen) atoms. The molecular formula is C14H25N5O2. The summed E-state index contributed by atoms with van der Waals surface area (Å²) in [5.74, 6) is 0.316. The van der Waals surface area contributed by atoms with E-state index in [0.717, 1.165) is 39.0 Å². The standard InChI is InChI=1S/C14H25N5O2/c1-3-4-5-19-12(15)11(13(20)16-14(19)21)10-18-8-6-17(2)7-9-18/h3-10,15H2,1-2H3,(H,16,20,21). The van der Waals surface area contributed by atoms with Crippen LogP contribution in [0.25, 0.3) is 0 Å². The van der Waals surface area contributed by atoms with Crippen LogP contribution >= 0.6 is 0 Å². The maximum atomic E-state index is 12.0. The number of aromatic nitrogens is 2. The summed E-state index contributed by atoms with van der Waals surface area (Å²) in [6, 6.07) is 0. The van der Waals surface area contributed by atoms with Crippen molar-refractivity contribution in [2.45, 2.75) is 32.9 Å². The Balaban J connectivity index is 2.22. The van der Waals surface area contributed by atoms with Crippen molar-refractivity contribution in [3.63, 3.8) is 0 Å². The van der Waals surface area contributed by atoms with Gasteiger partial charge in [-0.2, -0.15) is 0 Å². The molecular weight excluding hydrogens is 270 g/mol. The average Bonchev–Trinajstić information content (AvgIpc) is 2.45. The van der Waals surface area contributed by atoms with E-state index in [1.54, 1.807) is 0 Å². The number of nitrogens with one attached hydrogen (secondary N) is 1. The fourth-order valence-corrected chi connectivity index (χ4v) is 2.55. The molecule has 2 heterocycles. The fraction of sp³-hybridized carbons (Fsp3) is 0.714. The number of rotatable bonds is 5. The van der Waals surface area contributed by atoms with Crippen molar-refractivity contribution >= 4 is 5.82 Å². The Morgan fingerprint density at radius 2 is 1.86 bits per heavy atom. The van der Waals surface area contributed by atoms with Gasteiger partial charge in [0, 0.05) is 39.3 Å². The highest BCUT2D eigenvalue weighted by Crippen LogP contribution is 2.10. The molecule has 0 spiro atoms. The third kappa shape index (κ3) is 3.74. The van der Waals surface area contributed by atoms with Gasteiger partial charge in [-0.3, -0.25) is 19.2 Å². The Labute approximate surface area is 124 Å². The number of nitrogens with zero attached hydrogens (tertiary/aromatic N) is 3. The minimum atomic E-state index is -0.409. The second kappa shape index (κ2) is 6.91. The van der Waals surface area contributed by atoms with Gasteiger partial charge in [0.05, 0.1) is 5.56 Å². The molecule has 1 saturated heterocycles. The molecule has 0 aliphatic carbocycles. The van der Waals surface area contributed by atoms with Crippen molar-refractivity contribution in [1.82, 2.24) is 19.4 Å². The molecule has 1 fully saturated rings. The lowest BCUT2D eigenvalue weighted by Gasteiger charge is -2.32. The summed E-state index contributed by atoms with van der Waals surface area (Å²) in [5, 5.41) is 0. The lowest BCUT2D eigenvalue weighted by Crippen LogP contribution is -2.45. The maximum Gasteiger partial charge on any atom is 0.329 e. The number of piperazine rings is 1. The van der Waals surface area contributed by atoms with E-state index < -0.39 is 5.69 Å². The summed E-state index contributed by atoms with van der Waals surface area (Å²) in [6.07, 6.45) is 1.84. The van der Waals surface area contributed by atoms with Crippen LogP contribution in [0.3, 0.4) is 0 Å². The van der Waals surface area contributed by atoms with Crippen LogP contribution in [0.2, 0.25) is 0 Å². The highest BCUT2D eigenvalue weighted by atomic mass is 16.2. The molecule has 7 nitrogen and oxygen atoms in total. The van der Waals surface area contributed by atoms with Gasteiger partial charge in [-0.05, 0) is 13.5 Å². The molecule has 0 saturated carbocycles. The third-order valence-electron chi connectivity index (χ3n) is 4.05. The van der Waals surface area contributed by atoms with E-state index in [1.807, 2.05) is 0 Å². The summed E-state index contributed by atoms with van der Waals surface area (Å²) in [4.78, 5) is 30.8. The second-order valence-electron chi connectivity index (χ2n) is 5.71. The molecule has 0 radical (unpaired) electrons. The van der Waals surface area contributed by atoms with E-state index in [4.69, 9.17) is 5.73 Å². The highest BCUT2D eigenvalue weighted by molar-refractivity contribution is 5.38. The van der Waals surface area contributed by atoms with Gasteiger partial charge >= 0.3 is 5.69 Å². The molecule has 118 valence electrons. The van der Waals surface area contributed by atoms with Crippen LogP contribution in [0, 0.1) is 0 Å². The second-order valence-corrected chi connectivity index (χ2v) is 5.71. The molecule has 0 amide bonds. The lowest BCUT2D eigenvalue weighted by atomic mass is 10.2. The molecule has 3 N–H and O–H groups in total. The first-order valence-corrected chi connectivity index (χ1v) is 7.55. The number of H-pyrrole nitrogens is 1. The van der Waals surface area contributed by atoms with Crippen molar-refractivity contribution in [2.24, 2.45) is 0 Å². The van der Waals surface area contributed by atoms with Gasteiger partial charge < -0.3 is 10.6 Å². The van der Waals surface area contributed by atoms with Gasteiger partial charge in [-0.1, -0.05) is 13.3 Å². The maximum absolute atomic E-state index is 12.0. The molecule has 0 unspecified atom stereocenters. The van der Waals surface area contributed by atoms with E-state index in [9.17, 15) is 9.59 Å². The molecule has 1 aliphatic heterocycles. The normalized spacial score (nSPS) is 17.2. The van der Waals surface area contributed by atoms with Crippen LogP contribution in [-0.2, 0) is 13.1 Å². The predicted molar refractivity (Wildman–Crippen MR) is 83.4 cm³/mol. The Bertz CT molecular complexity index is 584. The van der Waals surface area contributed by atoms with E-state index in [-0.39, 0.29) is 5.56 Å². The minimum absolute atomic E-state index is 0.316. The van der Waals surface area contributed by atoms with Crippen LogP contribution in [-0.4, -0.2) is 52.6 Å². The van der Waals surface area contributed by atoms with E-state index in [2.05, 4.69) is 28.8 Å². The van der Waals surface area contributed by atoms with Crippen LogP contribution in [0.4, 0.5) is 5.82 Å². The number of nitrogen functional groups attached to an aromatic ring is 1. The van der Waals surface area contributed by atoms with E-state index in [1.165, 1.54) is 4.57 Å². The van der Waals surface area contributed by atoms with Gasteiger partial charge in [0.25, 0.3) is 5.56 Å². The largest absolute Gasteiger partial charge is 0.385 e. The van der Waals surface area contributed by atoms with E-state index in [0.29, 0.717) is 24.5 Å².